The molecule has 0 aliphatic carbocycles. The number of benzene rings is 2. The van der Waals surface area contributed by atoms with Gasteiger partial charge in [-0.2, -0.15) is 0 Å². The molecule has 1 saturated heterocycles. The van der Waals surface area contributed by atoms with Gasteiger partial charge in [0.05, 0.1) is 6.04 Å². The number of allylic oxidation sites excluding steroid dienone is 1. The lowest BCUT2D eigenvalue weighted by atomic mass is 10.0. The van der Waals surface area contributed by atoms with Gasteiger partial charge in [0.2, 0.25) is 0 Å². The number of ketones is 1. The van der Waals surface area contributed by atoms with E-state index in [-0.39, 0.29) is 17.9 Å². The first-order chi connectivity index (χ1) is 12.9. The van der Waals surface area contributed by atoms with E-state index in [1.54, 1.807) is 6.08 Å². The summed E-state index contributed by atoms with van der Waals surface area (Å²) in [5.41, 5.74) is 2.73. The van der Waals surface area contributed by atoms with Crippen LogP contribution in [0.4, 0.5) is 5.69 Å². The standard InChI is InChI=1S/C22H27N2O2P/c1-22(2)24(27)20(21(26-22)17-7-5-4-6-8-17)14-13-19(25)15-16-9-11-18(23-3)12-10-16/h4-14,20-21,23H,15,27H2,1-3H3/b14-13+/t20-,21-/m1/s1. The Morgan fingerprint density at radius 1 is 1.19 bits per heavy atom. The lowest BCUT2D eigenvalue weighted by molar-refractivity contribution is -0.114. The lowest BCUT2D eigenvalue weighted by Gasteiger charge is -2.27. The maximum atomic E-state index is 12.5. The molecule has 1 aliphatic heterocycles. The van der Waals surface area contributed by atoms with Crippen molar-refractivity contribution in [1.29, 1.82) is 0 Å². The number of anilines is 1. The second-order valence-corrected chi connectivity index (χ2v) is 7.80. The molecule has 0 bridgehead atoms. The fraction of sp³-hybridized carbons (Fsp3) is 0.318. The van der Waals surface area contributed by atoms with Gasteiger partial charge in [-0.3, -0.25) is 9.46 Å². The first-order valence-electron chi connectivity index (χ1n) is 9.15. The zero-order valence-electron chi connectivity index (χ0n) is 16.1. The van der Waals surface area contributed by atoms with Crippen molar-refractivity contribution < 1.29 is 9.53 Å². The number of hydrogen-bond donors (Lipinski definition) is 1. The molecule has 2 aromatic rings. The van der Waals surface area contributed by atoms with E-state index in [0.717, 1.165) is 16.8 Å². The van der Waals surface area contributed by atoms with E-state index in [0.29, 0.717) is 6.42 Å². The molecule has 142 valence electrons. The molecule has 3 rings (SSSR count). The Bertz CT molecular complexity index is 803. The maximum Gasteiger partial charge on any atom is 0.159 e. The summed E-state index contributed by atoms with van der Waals surface area (Å²) in [6.07, 6.45) is 3.93. The van der Waals surface area contributed by atoms with Crippen LogP contribution < -0.4 is 5.32 Å². The van der Waals surface area contributed by atoms with Gasteiger partial charge >= 0.3 is 0 Å². The summed E-state index contributed by atoms with van der Waals surface area (Å²) >= 11 is 0. The van der Waals surface area contributed by atoms with Gasteiger partial charge in [0.1, 0.15) is 11.8 Å². The molecular weight excluding hydrogens is 355 g/mol. The number of nitrogens with zero attached hydrogens (tertiary/aromatic N) is 1. The van der Waals surface area contributed by atoms with Crippen LogP contribution in [0.3, 0.4) is 0 Å². The monoisotopic (exact) mass is 382 g/mol. The van der Waals surface area contributed by atoms with Gasteiger partial charge in [0.15, 0.2) is 5.78 Å². The molecule has 1 N–H and O–H groups in total. The van der Waals surface area contributed by atoms with Crippen LogP contribution in [-0.4, -0.2) is 29.3 Å². The Labute approximate surface area is 163 Å². The average molecular weight is 382 g/mol. The third-order valence-electron chi connectivity index (χ3n) is 4.90. The molecule has 1 aliphatic rings. The van der Waals surface area contributed by atoms with E-state index in [1.807, 2.05) is 69.4 Å². The van der Waals surface area contributed by atoms with E-state index in [9.17, 15) is 4.79 Å². The molecule has 5 heteroatoms. The number of carbonyl (C=O) groups is 1. The van der Waals surface area contributed by atoms with Crippen LogP contribution in [0.25, 0.3) is 0 Å². The van der Waals surface area contributed by atoms with Crippen molar-refractivity contribution in [2.45, 2.75) is 38.1 Å². The Morgan fingerprint density at radius 3 is 2.48 bits per heavy atom. The molecule has 0 saturated carbocycles. The average Bonchev–Trinajstić information content (AvgIpc) is 2.91. The molecule has 2 aromatic carbocycles. The summed E-state index contributed by atoms with van der Waals surface area (Å²) in [5.74, 6) is 0.0853. The summed E-state index contributed by atoms with van der Waals surface area (Å²) in [5, 5.41) is 3.08. The van der Waals surface area contributed by atoms with E-state index in [4.69, 9.17) is 4.74 Å². The second-order valence-electron chi connectivity index (χ2n) is 7.24. The number of nitrogens with one attached hydrogen (secondary N) is 1. The first-order valence-corrected chi connectivity index (χ1v) is 9.67. The molecular formula is C22H27N2O2P. The van der Waals surface area contributed by atoms with Gasteiger partial charge in [0.25, 0.3) is 0 Å². The minimum absolute atomic E-state index is 0.0250. The Balaban J connectivity index is 1.73. The van der Waals surface area contributed by atoms with Crippen LogP contribution in [0, 0.1) is 0 Å². The minimum atomic E-state index is -0.424. The van der Waals surface area contributed by atoms with Crippen molar-refractivity contribution in [3.05, 3.63) is 77.9 Å². The van der Waals surface area contributed by atoms with Gasteiger partial charge in [0, 0.05) is 19.2 Å². The fourth-order valence-electron chi connectivity index (χ4n) is 3.30. The molecule has 1 heterocycles. The highest BCUT2D eigenvalue weighted by atomic mass is 31.0. The van der Waals surface area contributed by atoms with E-state index in [1.165, 1.54) is 0 Å². The quantitative estimate of drug-likeness (QED) is 0.595. The molecule has 0 aromatic heterocycles. The maximum absolute atomic E-state index is 12.5. The highest BCUT2D eigenvalue weighted by molar-refractivity contribution is 7.13. The van der Waals surface area contributed by atoms with Crippen LogP contribution in [0.5, 0.6) is 0 Å². The van der Waals surface area contributed by atoms with Gasteiger partial charge in [-0.05, 0) is 43.2 Å². The Morgan fingerprint density at radius 2 is 1.85 bits per heavy atom. The van der Waals surface area contributed by atoms with Gasteiger partial charge < -0.3 is 10.1 Å². The number of rotatable bonds is 6. The van der Waals surface area contributed by atoms with Gasteiger partial charge in [-0.25, -0.2) is 0 Å². The van der Waals surface area contributed by atoms with Crippen LogP contribution in [0.2, 0.25) is 0 Å². The van der Waals surface area contributed by atoms with E-state index < -0.39 is 5.72 Å². The molecule has 3 atom stereocenters. The normalized spacial score (nSPS) is 22.2. The molecule has 27 heavy (non-hydrogen) atoms. The topological polar surface area (TPSA) is 41.6 Å². The zero-order chi connectivity index (χ0) is 19.4. The predicted octanol–water partition coefficient (Wildman–Crippen LogP) is 4.36. The Hall–Kier alpha value is -2.00. The SMILES string of the molecule is CNc1ccc(CC(=O)/C=C/[C@@H]2[C@@H](c3ccccc3)OC(C)(C)N2P)cc1. The summed E-state index contributed by atoms with van der Waals surface area (Å²) in [6.45, 7) is 4.07. The minimum Gasteiger partial charge on any atom is -0.388 e. The fourth-order valence-corrected chi connectivity index (χ4v) is 3.62. The van der Waals surface area contributed by atoms with Crippen molar-refractivity contribution in [1.82, 2.24) is 4.67 Å². The third-order valence-corrected chi connectivity index (χ3v) is 5.86. The van der Waals surface area contributed by atoms with E-state index >= 15 is 0 Å². The second kappa shape index (κ2) is 8.35. The highest BCUT2D eigenvalue weighted by Gasteiger charge is 2.44. The third kappa shape index (κ3) is 4.65. The summed E-state index contributed by atoms with van der Waals surface area (Å²) in [6, 6.07) is 18.1. The molecule has 4 nitrogen and oxygen atoms in total. The van der Waals surface area contributed by atoms with Gasteiger partial charge in [-0.15, -0.1) is 0 Å². The van der Waals surface area contributed by atoms with Crippen LogP contribution in [0.15, 0.2) is 66.7 Å². The van der Waals surface area contributed by atoms with Crippen LogP contribution in [0.1, 0.15) is 31.1 Å². The molecule has 0 spiro atoms. The molecule has 1 unspecified atom stereocenters. The van der Waals surface area contributed by atoms with E-state index in [2.05, 4.69) is 31.5 Å². The van der Waals surface area contributed by atoms with Crippen molar-refractivity contribution in [2.75, 3.05) is 12.4 Å². The van der Waals surface area contributed by atoms with Crippen molar-refractivity contribution in [3.8, 4) is 0 Å². The molecule has 0 amide bonds. The zero-order valence-corrected chi connectivity index (χ0v) is 17.2. The predicted molar refractivity (Wildman–Crippen MR) is 114 cm³/mol. The molecule has 0 radical (unpaired) electrons. The smallest absolute Gasteiger partial charge is 0.159 e. The first kappa shape index (κ1) is 19.8. The molecule has 1 fully saturated rings. The Kier molecular flexibility index (Phi) is 6.11. The summed E-state index contributed by atoms with van der Waals surface area (Å²) < 4.78 is 8.36. The largest absolute Gasteiger partial charge is 0.388 e. The van der Waals surface area contributed by atoms with Crippen LogP contribution in [-0.2, 0) is 16.0 Å². The van der Waals surface area contributed by atoms with Crippen molar-refractivity contribution >= 4 is 20.9 Å². The number of ether oxygens (including phenoxy) is 1. The van der Waals surface area contributed by atoms with Gasteiger partial charge in [-0.1, -0.05) is 57.9 Å². The number of hydrogen-bond acceptors (Lipinski definition) is 4. The summed E-state index contributed by atoms with van der Waals surface area (Å²) in [7, 11) is 4.63. The number of carbonyl (C=O) groups excluding carboxylic acids is 1. The summed E-state index contributed by atoms with van der Waals surface area (Å²) in [4.78, 5) is 12.5. The highest BCUT2D eigenvalue weighted by Crippen LogP contribution is 2.43. The van der Waals surface area contributed by atoms with Crippen molar-refractivity contribution in [3.63, 3.8) is 0 Å². The van der Waals surface area contributed by atoms with Crippen LogP contribution >= 0.6 is 9.39 Å². The van der Waals surface area contributed by atoms with Crippen molar-refractivity contribution in [2.24, 2.45) is 0 Å². The lowest BCUT2D eigenvalue weighted by Crippen LogP contribution is -2.35.